The summed E-state index contributed by atoms with van der Waals surface area (Å²) in [5.74, 6) is -2.63. The second-order valence-electron chi connectivity index (χ2n) is 5.94. The van der Waals surface area contributed by atoms with Crippen LogP contribution in [0.4, 0.5) is 0 Å². The van der Waals surface area contributed by atoms with E-state index in [1.165, 1.54) is 7.11 Å². The van der Waals surface area contributed by atoms with E-state index in [2.05, 4.69) is 4.89 Å². The van der Waals surface area contributed by atoms with Gasteiger partial charge in [0.1, 0.15) is 0 Å². The summed E-state index contributed by atoms with van der Waals surface area (Å²) in [7, 11) is 1.27. The van der Waals surface area contributed by atoms with Crippen molar-refractivity contribution >= 4 is 23.9 Å². The summed E-state index contributed by atoms with van der Waals surface area (Å²) in [4.78, 5) is 56.9. The molecule has 5 atom stereocenters. The largest absolute Gasteiger partial charge is 0.454 e. The zero-order chi connectivity index (χ0) is 22.0. The number of hydrogen-bond donors (Lipinski definition) is 0. The highest BCUT2D eigenvalue weighted by atomic mass is 17.2. The minimum Gasteiger partial charge on any atom is -0.454 e. The van der Waals surface area contributed by atoms with Crippen molar-refractivity contribution in [1.29, 1.82) is 0 Å². The van der Waals surface area contributed by atoms with Gasteiger partial charge < -0.3 is 23.7 Å². The Morgan fingerprint density at radius 1 is 0.655 bits per heavy atom. The summed E-state index contributed by atoms with van der Waals surface area (Å²) in [6, 6.07) is 0. The fraction of sp³-hybridized carbons (Fsp3) is 0.778. The van der Waals surface area contributed by atoms with E-state index >= 15 is 0 Å². The lowest BCUT2D eigenvalue weighted by molar-refractivity contribution is -0.425. The fourth-order valence-electron chi connectivity index (χ4n) is 2.30. The third kappa shape index (κ3) is 7.26. The molecule has 0 aromatic rings. The molecular formula is C18H28O11. The number of rotatable bonds is 10. The van der Waals surface area contributed by atoms with Gasteiger partial charge >= 0.3 is 23.9 Å². The van der Waals surface area contributed by atoms with Crippen LogP contribution in [-0.4, -0.2) is 61.9 Å². The van der Waals surface area contributed by atoms with Crippen LogP contribution in [0.3, 0.4) is 0 Å². The van der Waals surface area contributed by atoms with Gasteiger partial charge in [-0.05, 0) is 0 Å². The van der Waals surface area contributed by atoms with Gasteiger partial charge in [-0.2, -0.15) is 0 Å². The monoisotopic (exact) mass is 420 g/mol. The number of carbonyl (C=O) groups excluding carboxylic acids is 4. The molecular weight excluding hydrogens is 392 g/mol. The van der Waals surface area contributed by atoms with Gasteiger partial charge in [-0.1, -0.05) is 27.7 Å². The molecule has 1 rings (SSSR count). The van der Waals surface area contributed by atoms with Gasteiger partial charge in [-0.15, -0.1) is 4.89 Å². The van der Waals surface area contributed by atoms with Crippen molar-refractivity contribution in [1.82, 2.24) is 0 Å². The molecule has 0 saturated carbocycles. The second kappa shape index (κ2) is 12.3. The molecule has 0 spiro atoms. The Labute approximate surface area is 168 Å². The number of carbonyl (C=O) groups is 4. The summed E-state index contributed by atoms with van der Waals surface area (Å²) in [5, 5.41) is 0. The van der Waals surface area contributed by atoms with E-state index in [0.717, 1.165) is 0 Å². The van der Waals surface area contributed by atoms with Crippen molar-refractivity contribution in [3.8, 4) is 0 Å². The molecule has 1 aliphatic rings. The van der Waals surface area contributed by atoms with E-state index in [-0.39, 0.29) is 25.7 Å². The Morgan fingerprint density at radius 3 is 1.48 bits per heavy atom. The van der Waals surface area contributed by atoms with Gasteiger partial charge in [0.05, 0.1) is 0 Å². The summed E-state index contributed by atoms with van der Waals surface area (Å²) >= 11 is 0. The van der Waals surface area contributed by atoms with Crippen molar-refractivity contribution in [2.24, 2.45) is 0 Å². The van der Waals surface area contributed by atoms with Crippen LogP contribution in [0.25, 0.3) is 0 Å². The molecule has 0 aliphatic carbocycles. The molecule has 11 nitrogen and oxygen atoms in total. The standard InChI is InChI=1S/C18H28O11/c1-6-10(19)24-14-15(25-11(20)7-2)17(23-5)27-18(29-28-13(22)9-4)16(14)26-12(21)8-3/h14-18H,6-9H2,1-5H3/t14-,15-,16+,17-,18-/m1/s1. The summed E-state index contributed by atoms with van der Waals surface area (Å²) in [6.07, 6.45) is -6.63. The molecule has 29 heavy (non-hydrogen) atoms. The third-order valence-corrected chi connectivity index (χ3v) is 3.88. The zero-order valence-electron chi connectivity index (χ0n) is 17.2. The number of ether oxygens (including phenoxy) is 5. The van der Waals surface area contributed by atoms with Crippen LogP contribution in [0.2, 0.25) is 0 Å². The van der Waals surface area contributed by atoms with E-state index in [4.69, 9.17) is 28.6 Å². The first kappa shape index (κ1) is 24.8. The number of methoxy groups -OCH3 is 1. The lowest BCUT2D eigenvalue weighted by atomic mass is 10.0. The summed E-state index contributed by atoms with van der Waals surface area (Å²) in [6.45, 7) is 6.24. The Hall–Kier alpha value is -2.24. The molecule has 166 valence electrons. The van der Waals surface area contributed by atoms with E-state index in [1.54, 1.807) is 27.7 Å². The highest BCUT2D eigenvalue weighted by Gasteiger charge is 2.54. The molecule has 1 heterocycles. The van der Waals surface area contributed by atoms with Crippen molar-refractivity contribution in [3.63, 3.8) is 0 Å². The number of esters is 3. The molecule has 0 N–H and O–H groups in total. The minimum absolute atomic E-state index is 0.000464. The van der Waals surface area contributed by atoms with Gasteiger partial charge in [0.15, 0.2) is 18.3 Å². The van der Waals surface area contributed by atoms with Gasteiger partial charge in [0.2, 0.25) is 12.6 Å². The predicted molar refractivity (Wildman–Crippen MR) is 93.7 cm³/mol. The highest BCUT2D eigenvalue weighted by molar-refractivity contribution is 5.71. The van der Waals surface area contributed by atoms with Crippen molar-refractivity contribution in [2.45, 2.75) is 84.3 Å². The molecule has 1 fully saturated rings. The maximum atomic E-state index is 12.0. The third-order valence-electron chi connectivity index (χ3n) is 3.88. The topological polar surface area (TPSA) is 133 Å². The summed E-state index contributed by atoms with van der Waals surface area (Å²) in [5.41, 5.74) is 0. The molecule has 0 unspecified atom stereocenters. The molecule has 1 aliphatic heterocycles. The average molecular weight is 420 g/mol. The Kier molecular flexibility index (Phi) is 10.6. The van der Waals surface area contributed by atoms with Crippen LogP contribution in [0.15, 0.2) is 0 Å². The van der Waals surface area contributed by atoms with E-state index in [1.807, 2.05) is 0 Å². The smallest absolute Gasteiger partial charge is 0.342 e. The van der Waals surface area contributed by atoms with Crippen LogP contribution < -0.4 is 0 Å². The van der Waals surface area contributed by atoms with Gasteiger partial charge in [0, 0.05) is 32.8 Å². The molecule has 0 aromatic carbocycles. The van der Waals surface area contributed by atoms with E-state index in [9.17, 15) is 19.2 Å². The maximum Gasteiger partial charge on any atom is 0.342 e. The molecule has 0 aromatic heterocycles. The number of hydrogen-bond acceptors (Lipinski definition) is 11. The average Bonchev–Trinajstić information content (AvgIpc) is 2.73. The van der Waals surface area contributed by atoms with Crippen LogP contribution in [0.1, 0.15) is 53.4 Å². The van der Waals surface area contributed by atoms with Crippen LogP contribution >= 0.6 is 0 Å². The van der Waals surface area contributed by atoms with Crippen LogP contribution in [-0.2, 0) is 52.6 Å². The Morgan fingerprint density at radius 2 is 1.07 bits per heavy atom. The lowest BCUT2D eigenvalue weighted by Crippen LogP contribution is -2.62. The van der Waals surface area contributed by atoms with Crippen molar-refractivity contribution in [3.05, 3.63) is 0 Å². The first-order valence-electron chi connectivity index (χ1n) is 9.43. The molecule has 0 radical (unpaired) electrons. The first-order valence-corrected chi connectivity index (χ1v) is 9.43. The van der Waals surface area contributed by atoms with Crippen LogP contribution in [0.5, 0.6) is 0 Å². The molecule has 0 bridgehead atoms. The first-order chi connectivity index (χ1) is 13.8. The van der Waals surface area contributed by atoms with Crippen molar-refractivity contribution in [2.75, 3.05) is 7.11 Å². The Balaban J connectivity index is 3.25. The van der Waals surface area contributed by atoms with Gasteiger partial charge in [0.25, 0.3) is 0 Å². The van der Waals surface area contributed by atoms with Crippen LogP contribution in [0, 0.1) is 0 Å². The molecule has 1 saturated heterocycles. The second-order valence-corrected chi connectivity index (χ2v) is 5.94. The van der Waals surface area contributed by atoms with Gasteiger partial charge in [-0.25, -0.2) is 4.79 Å². The van der Waals surface area contributed by atoms with E-state index < -0.39 is 54.8 Å². The lowest BCUT2D eigenvalue weighted by Gasteiger charge is -2.42. The molecule has 0 amide bonds. The summed E-state index contributed by atoms with van der Waals surface area (Å²) < 4.78 is 26.7. The molecule has 11 heteroatoms. The zero-order valence-corrected chi connectivity index (χ0v) is 17.2. The highest BCUT2D eigenvalue weighted by Crippen LogP contribution is 2.30. The fourth-order valence-corrected chi connectivity index (χ4v) is 2.30. The van der Waals surface area contributed by atoms with E-state index in [0.29, 0.717) is 0 Å². The predicted octanol–water partition coefficient (Wildman–Crippen LogP) is 1.17. The minimum atomic E-state index is -1.49. The Bertz CT molecular complexity index is 576. The quantitative estimate of drug-likeness (QED) is 0.218. The SMILES string of the molecule is CCC(=O)OO[C@H]1O[C@@H](OC)[C@H](OC(=O)CC)[C@@H](OC(=O)CC)[C@@H]1OC(=O)CC. The maximum absolute atomic E-state index is 12.0. The van der Waals surface area contributed by atoms with Crippen molar-refractivity contribution < 1.29 is 52.6 Å². The normalized spacial score (nSPS) is 26.3. The van der Waals surface area contributed by atoms with Gasteiger partial charge in [-0.3, -0.25) is 19.3 Å².